The molecule has 1 unspecified atom stereocenters. The molecule has 2 aliphatic heterocycles. The van der Waals surface area contributed by atoms with Crippen molar-refractivity contribution in [2.45, 2.75) is 31.8 Å². The topological polar surface area (TPSA) is 82.0 Å². The molecule has 0 radical (unpaired) electrons. The first-order valence-corrected chi connectivity index (χ1v) is 6.98. The molecule has 2 N–H and O–H groups in total. The molecule has 0 aromatic heterocycles. The fourth-order valence-corrected chi connectivity index (χ4v) is 2.74. The van der Waals surface area contributed by atoms with Crippen molar-refractivity contribution in [3.05, 3.63) is 29.8 Å². The summed E-state index contributed by atoms with van der Waals surface area (Å²) in [6.07, 6.45) is 1.09. The van der Waals surface area contributed by atoms with Crippen LogP contribution in [0, 0.1) is 0 Å². The van der Waals surface area contributed by atoms with Crippen LogP contribution in [0.5, 0.6) is 0 Å². The largest absolute Gasteiger partial charge is 0.385 e. The van der Waals surface area contributed by atoms with Crippen LogP contribution < -0.4 is 10.3 Å². The van der Waals surface area contributed by atoms with Gasteiger partial charge in [-0.1, -0.05) is 18.2 Å². The second kappa shape index (κ2) is 4.96. The van der Waals surface area contributed by atoms with E-state index in [4.69, 9.17) is 0 Å². The van der Waals surface area contributed by atoms with Crippen LogP contribution in [0.4, 0.5) is 5.69 Å². The number of rotatable bonds is 1. The zero-order valence-corrected chi connectivity index (χ0v) is 11.8. The highest BCUT2D eigenvalue weighted by Gasteiger charge is 2.36. The lowest BCUT2D eigenvalue weighted by molar-refractivity contribution is -0.121. The maximum atomic E-state index is 12.6. The molecule has 6 nitrogen and oxygen atoms in total. The van der Waals surface area contributed by atoms with Gasteiger partial charge in [0.15, 0.2) is 0 Å². The summed E-state index contributed by atoms with van der Waals surface area (Å²) in [5.74, 6) is -0.383. The number of para-hydroxylation sites is 1. The zero-order chi connectivity index (χ0) is 15.0. The van der Waals surface area contributed by atoms with Gasteiger partial charge in [-0.15, -0.1) is 0 Å². The Morgan fingerprint density at radius 1 is 1.38 bits per heavy atom. The Balaban J connectivity index is 1.94. The highest BCUT2D eigenvalue weighted by Crippen LogP contribution is 2.38. The molecule has 6 heteroatoms. The number of hydrogen-bond donors (Lipinski definition) is 2. The molecule has 21 heavy (non-hydrogen) atoms. The maximum Gasteiger partial charge on any atom is 0.274 e. The molecule has 0 aliphatic carbocycles. The summed E-state index contributed by atoms with van der Waals surface area (Å²) >= 11 is 0. The van der Waals surface area contributed by atoms with Gasteiger partial charge in [-0.25, -0.2) is 5.43 Å². The number of nitrogens with zero attached hydrogens (tertiary/aromatic N) is 2. The summed E-state index contributed by atoms with van der Waals surface area (Å²) in [4.78, 5) is 25.3. The van der Waals surface area contributed by atoms with E-state index in [1.165, 1.54) is 0 Å². The van der Waals surface area contributed by atoms with Gasteiger partial charge in [0.25, 0.3) is 5.91 Å². The number of anilines is 1. The van der Waals surface area contributed by atoms with E-state index in [9.17, 15) is 14.7 Å². The average molecular weight is 287 g/mol. The second-order valence-corrected chi connectivity index (χ2v) is 5.59. The maximum absolute atomic E-state index is 12.6. The summed E-state index contributed by atoms with van der Waals surface area (Å²) in [5, 5.41) is 14.3. The number of aliphatic hydroxyl groups is 1. The normalized spacial score (nSPS) is 25.0. The van der Waals surface area contributed by atoms with Gasteiger partial charge in [0.1, 0.15) is 5.71 Å². The minimum absolute atomic E-state index is 0.173. The number of fused-ring (bicyclic) bond motifs is 1. The first kappa shape index (κ1) is 13.8. The summed E-state index contributed by atoms with van der Waals surface area (Å²) in [6.45, 7) is 2.18. The second-order valence-electron chi connectivity index (χ2n) is 5.59. The van der Waals surface area contributed by atoms with Crippen molar-refractivity contribution in [1.82, 2.24) is 5.43 Å². The number of carbonyl (C=O) groups excluding carboxylic acids is 2. The third kappa shape index (κ3) is 2.42. The predicted molar refractivity (Wildman–Crippen MR) is 77.8 cm³/mol. The molecule has 0 spiro atoms. The molecule has 0 saturated carbocycles. The molecule has 0 saturated heterocycles. The zero-order valence-electron chi connectivity index (χ0n) is 11.8. The van der Waals surface area contributed by atoms with Crippen LogP contribution in [-0.2, 0) is 15.2 Å². The van der Waals surface area contributed by atoms with Crippen molar-refractivity contribution in [2.75, 3.05) is 11.4 Å². The minimum atomic E-state index is -0.935. The van der Waals surface area contributed by atoms with Gasteiger partial charge in [-0.2, -0.15) is 5.10 Å². The Morgan fingerprint density at radius 2 is 2.14 bits per heavy atom. The number of nitrogens with one attached hydrogen (secondary N) is 1. The van der Waals surface area contributed by atoms with Crippen LogP contribution in [0.25, 0.3) is 0 Å². The standard InChI is InChI=1S/C15H17N3O3/c1-15(21)8-9-18(12-5-3-2-4-10(12)15)14(20)11-6-7-13(19)17-16-11/h2-5,21H,6-9H2,1H3,(H,17,19). The lowest BCUT2D eigenvalue weighted by Gasteiger charge is -2.38. The van der Waals surface area contributed by atoms with Gasteiger partial charge in [-0.3, -0.25) is 9.59 Å². The van der Waals surface area contributed by atoms with Gasteiger partial charge in [0.05, 0.1) is 11.3 Å². The van der Waals surface area contributed by atoms with E-state index in [-0.39, 0.29) is 18.2 Å². The van der Waals surface area contributed by atoms with Crippen LogP contribution in [0.1, 0.15) is 31.7 Å². The summed E-state index contributed by atoms with van der Waals surface area (Å²) in [7, 11) is 0. The van der Waals surface area contributed by atoms with Crippen LogP contribution in [0.2, 0.25) is 0 Å². The Hall–Kier alpha value is -2.21. The highest BCUT2D eigenvalue weighted by atomic mass is 16.3. The SMILES string of the molecule is CC1(O)CCN(C(=O)C2=NNC(=O)CC2)c2ccccc21. The molecule has 1 aromatic rings. The van der Waals surface area contributed by atoms with E-state index in [0.29, 0.717) is 30.8 Å². The van der Waals surface area contributed by atoms with Crippen LogP contribution in [-0.4, -0.2) is 29.2 Å². The van der Waals surface area contributed by atoms with Crippen molar-refractivity contribution in [2.24, 2.45) is 5.10 Å². The Kier molecular flexibility index (Phi) is 3.25. The third-order valence-electron chi connectivity index (χ3n) is 3.99. The number of amides is 2. The Bertz CT molecular complexity index is 637. The highest BCUT2D eigenvalue weighted by molar-refractivity contribution is 6.44. The van der Waals surface area contributed by atoms with E-state index in [0.717, 1.165) is 5.56 Å². The van der Waals surface area contributed by atoms with Crippen molar-refractivity contribution in [3.63, 3.8) is 0 Å². The number of hydrazone groups is 1. The van der Waals surface area contributed by atoms with E-state index in [2.05, 4.69) is 10.5 Å². The molecule has 0 bridgehead atoms. The van der Waals surface area contributed by atoms with Crippen molar-refractivity contribution >= 4 is 23.2 Å². The fourth-order valence-electron chi connectivity index (χ4n) is 2.74. The minimum Gasteiger partial charge on any atom is -0.385 e. The number of benzene rings is 1. The van der Waals surface area contributed by atoms with Crippen molar-refractivity contribution < 1.29 is 14.7 Å². The molecule has 2 aliphatic rings. The first-order chi connectivity index (χ1) is 9.99. The van der Waals surface area contributed by atoms with E-state index in [1.807, 2.05) is 24.3 Å². The molecule has 0 fully saturated rings. The molecule has 2 heterocycles. The molecule has 110 valence electrons. The van der Waals surface area contributed by atoms with Gasteiger partial charge in [-0.05, 0) is 19.4 Å². The van der Waals surface area contributed by atoms with Gasteiger partial charge < -0.3 is 10.0 Å². The van der Waals surface area contributed by atoms with Gasteiger partial charge in [0.2, 0.25) is 5.91 Å². The summed E-state index contributed by atoms with van der Waals surface area (Å²) in [6, 6.07) is 7.34. The molecular weight excluding hydrogens is 270 g/mol. The molecular formula is C15H17N3O3. The van der Waals surface area contributed by atoms with Crippen LogP contribution in [0.3, 0.4) is 0 Å². The predicted octanol–water partition coefficient (Wildman–Crippen LogP) is 0.897. The lowest BCUT2D eigenvalue weighted by atomic mass is 9.87. The smallest absolute Gasteiger partial charge is 0.274 e. The first-order valence-electron chi connectivity index (χ1n) is 6.98. The van der Waals surface area contributed by atoms with Crippen LogP contribution in [0.15, 0.2) is 29.4 Å². The van der Waals surface area contributed by atoms with Crippen molar-refractivity contribution in [1.29, 1.82) is 0 Å². The van der Waals surface area contributed by atoms with Gasteiger partial charge in [0, 0.05) is 24.9 Å². The van der Waals surface area contributed by atoms with E-state index < -0.39 is 5.60 Å². The molecule has 1 atom stereocenters. The Labute approximate surface area is 122 Å². The van der Waals surface area contributed by atoms with Crippen molar-refractivity contribution in [3.8, 4) is 0 Å². The molecule has 1 aromatic carbocycles. The van der Waals surface area contributed by atoms with Crippen LogP contribution >= 0.6 is 0 Å². The lowest BCUT2D eigenvalue weighted by Crippen LogP contribution is -2.46. The van der Waals surface area contributed by atoms with E-state index in [1.54, 1.807) is 11.8 Å². The Morgan fingerprint density at radius 3 is 2.86 bits per heavy atom. The summed E-state index contributed by atoms with van der Waals surface area (Å²) < 4.78 is 0. The quantitative estimate of drug-likeness (QED) is 0.805. The van der Waals surface area contributed by atoms with Gasteiger partial charge >= 0.3 is 0 Å². The third-order valence-corrected chi connectivity index (χ3v) is 3.99. The number of hydrogen-bond acceptors (Lipinski definition) is 4. The summed E-state index contributed by atoms with van der Waals surface area (Å²) in [5.41, 5.74) is 3.21. The molecule has 2 amide bonds. The number of carbonyl (C=O) groups is 2. The fraction of sp³-hybridized carbons (Fsp3) is 0.400. The average Bonchev–Trinajstić information content (AvgIpc) is 2.48. The van der Waals surface area contributed by atoms with E-state index >= 15 is 0 Å². The molecule has 3 rings (SSSR count). The monoisotopic (exact) mass is 287 g/mol.